The van der Waals surface area contributed by atoms with Crippen LogP contribution in [0.15, 0.2) is 42.6 Å². The maximum absolute atomic E-state index is 9.98. The van der Waals surface area contributed by atoms with E-state index in [4.69, 9.17) is 23.2 Å². The molecule has 0 aliphatic heterocycles. The summed E-state index contributed by atoms with van der Waals surface area (Å²) in [7, 11) is 1.87. The SMILES string of the molecule is C=C(CCc1cc(Cl)c(Cc2ccc(O)c(C(C)C)c2)c(Cl)c1)NC. The van der Waals surface area contributed by atoms with E-state index in [0.717, 1.165) is 40.8 Å². The Morgan fingerprint density at radius 1 is 1.12 bits per heavy atom. The number of hydrogen-bond acceptors (Lipinski definition) is 2. The van der Waals surface area contributed by atoms with Crippen molar-refractivity contribution in [3.63, 3.8) is 0 Å². The molecule has 25 heavy (non-hydrogen) atoms. The van der Waals surface area contributed by atoms with Crippen molar-refractivity contribution in [2.24, 2.45) is 0 Å². The van der Waals surface area contributed by atoms with Crippen LogP contribution in [0.2, 0.25) is 10.0 Å². The largest absolute Gasteiger partial charge is 0.508 e. The number of allylic oxidation sites excluding steroid dienone is 1. The molecular weight excluding hydrogens is 353 g/mol. The van der Waals surface area contributed by atoms with E-state index in [1.807, 2.05) is 31.3 Å². The third kappa shape index (κ3) is 5.17. The van der Waals surface area contributed by atoms with Gasteiger partial charge in [-0.15, -0.1) is 0 Å². The van der Waals surface area contributed by atoms with Crippen molar-refractivity contribution in [2.45, 2.75) is 39.0 Å². The van der Waals surface area contributed by atoms with Crippen LogP contribution in [-0.4, -0.2) is 12.2 Å². The number of rotatable bonds is 7. The molecule has 2 aromatic carbocycles. The summed E-state index contributed by atoms with van der Waals surface area (Å²) in [6, 6.07) is 9.64. The van der Waals surface area contributed by atoms with Gasteiger partial charge in [0.25, 0.3) is 0 Å². The van der Waals surface area contributed by atoms with Crippen molar-refractivity contribution in [2.75, 3.05) is 7.05 Å². The Labute approximate surface area is 160 Å². The zero-order valence-corrected chi connectivity index (χ0v) is 16.5. The van der Waals surface area contributed by atoms with Crippen molar-refractivity contribution in [1.29, 1.82) is 0 Å². The molecule has 2 N–H and O–H groups in total. The van der Waals surface area contributed by atoms with Gasteiger partial charge in [0.1, 0.15) is 5.75 Å². The summed E-state index contributed by atoms with van der Waals surface area (Å²) in [5.74, 6) is 0.588. The van der Waals surface area contributed by atoms with Crippen LogP contribution in [0, 0.1) is 0 Å². The first-order valence-corrected chi connectivity index (χ1v) is 9.21. The molecule has 4 heteroatoms. The number of aryl methyl sites for hydroxylation is 1. The van der Waals surface area contributed by atoms with Gasteiger partial charge in [-0.05, 0) is 59.2 Å². The van der Waals surface area contributed by atoms with Crippen LogP contribution in [0.1, 0.15) is 48.4 Å². The number of aromatic hydroxyl groups is 1. The Hall–Kier alpha value is -1.64. The minimum Gasteiger partial charge on any atom is -0.508 e. The fourth-order valence-corrected chi connectivity index (χ4v) is 3.44. The highest BCUT2D eigenvalue weighted by Gasteiger charge is 2.12. The average Bonchev–Trinajstić information content (AvgIpc) is 2.57. The molecule has 2 nitrogen and oxygen atoms in total. The minimum absolute atomic E-state index is 0.258. The summed E-state index contributed by atoms with van der Waals surface area (Å²) in [6.45, 7) is 8.06. The van der Waals surface area contributed by atoms with Gasteiger partial charge in [-0.1, -0.05) is 55.8 Å². The summed E-state index contributed by atoms with van der Waals surface area (Å²) in [6.07, 6.45) is 2.33. The highest BCUT2D eigenvalue weighted by molar-refractivity contribution is 6.36. The smallest absolute Gasteiger partial charge is 0.119 e. The van der Waals surface area contributed by atoms with Gasteiger partial charge in [-0.25, -0.2) is 0 Å². The molecule has 0 bridgehead atoms. The quantitative estimate of drug-likeness (QED) is 0.612. The van der Waals surface area contributed by atoms with Crippen molar-refractivity contribution in [1.82, 2.24) is 5.32 Å². The van der Waals surface area contributed by atoms with Crippen LogP contribution in [0.4, 0.5) is 0 Å². The number of phenols is 1. The molecule has 0 aromatic heterocycles. The van der Waals surface area contributed by atoms with Gasteiger partial charge in [0.05, 0.1) is 0 Å². The van der Waals surface area contributed by atoms with Gasteiger partial charge in [-0.3, -0.25) is 0 Å². The number of halogens is 2. The molecule has 0 aliphatic rings. The molecule has 0 unspecified atom stereocenters. The summed E-state index contributed by atoms with van der Waals surface area (Å²) in [4.78, 5) is 0. The standard InChI is InChI=1S/C21H25Cl2NO/c1-13(2)17-9-15(7-8-21(17)25)10-18-19(22)11-16(12-20(18)23)6-5-14(3)24-4/h7-9,11-13,24-25H,3,5-6,10H2,1-2,4H3. The lowest BCUT2D eigenvalue weighted by atomic mass is 9.96. The summed E-state index contributed by atoms with van der Waals surface area (Å²) in [5.41, 5.74) is 5.03. The van der Waals surface area contributed by atoms with E-state index in [1.54, 1.807) is 6.07 Å². The third-order valence-corrected chi connectivity index (χ3v) is 5.04. The molecule has 0 atom stereocenters. The number of benzene rings is 2. The Morgan fingerprint density at radius 3 is 2.32 bits per heavy atom. The lowest BCUT2D eigenvalue weighted by Gasteiger charge is -2.14. The monoisotopic (exact) mass is 377 g/mol. The van der Waals surface area contributed by atoms with Crippen LogP contribution in [0.5, 0.6) is 5.75 Å². The third-order valence-electron chi connectivity index (χ3n) is 4.36. The van der Waals surface area contributed by atoms with Crippen molar-refractivity contribution in [3.8, 4) is 5.75 Å². The second-order valence-corrected chi connectivity index (χ2v) is 7.43. The predicted molar refractivity (Wildman–Crippen MR) is 108 cm³/mol. The molecule has 0 fully saturated rings. The molecule has 0 heterocycles. The van der Waals surface area contributed by atoms with E-state index in [1.165, 1.54) is 0 Å². The molecule has 0 radical (unpaired) electrons. The number of nitrogens with one attached hydrogen (secondary N) is 1. The zero-order chi connectivity index (χ0) is 18.6. The van der Waals surface area contributed by atoms with Crippen molar-refractivity contribution < 1.29 is 5.11 Å². The van der Waals surface area contributed by atoms with E-state index in [-0.39, 0.29) is 5.92 Å². The van der Waals surface area contributed by atoms with Gasteiger partial charge in [-0.2, -0.15) is 0 Å². The summed E-state index contributed by atoms with van der Waals surface area (Å²) >= 11 is 13.0. The Morgan fingerprint density at radius 2 is 1.76 bits per heavy atom. The summed E-state index contributed by atoms with van der Waals surface area (Å²) < 4.78 is 0. The maximum Gasteiger partial charge on any atom is 0.119 e. The van der Waals surface area contributed by atoms with Crippen LogP contribution >= 0.6 is 23.2 Å². The van der Waals surface area contributed by atoms with Gasteiger partial charge in [0, 0.05) is 29.2 Å². The van der Waals surface area contributed by atoms with Gasteiger partial charge in [0.2, 0.25) is 0 Å². The maximum atomic E-state index is 9.98. The van der Waals surface area contributed by atoms with Crippen LogP contribution in [0.3, 0.4) is 0 Å². The predicted octanol–water partition coefficient (Wildman–Crippen LogP) is 6.08. The number of hydrogen-bond donors (Lipinski definition) is 2. The van der Waals surface area contributed by atoms with E-state index >= 15 is 0 Å². The van der Waals surface area contributed by atoms with E-state index in [9.17, 15) is 5.11 Å². The van der Waals surface area contributed by atoms with Crippen molar-refractivity contribution >= 4 is 23.2 Å². The fraction of sp³-hybridized carbons (Fsp3) is 0.333. The Kier molecular flexibility index (Phi) is 6.80. The second-order valence-electron chi connectivity index (χ2n) is 6.62. The Balaban J connectivity index is 2.23. The average molecular weight is 378 g/mol. The summed E-state index contributed by atoms with van der Waals surface area (Å²) in [5, 5.41) is 14.4. The zero-order valence-electron chi connectivity index (χ0n) is 15.0. The highest BCUT2D eigenvalue weighted by atomic mass is 35.5. The van der Waals surface area contributed by atoms with Gasteiger partial charge in [0.15, 0.2) is 0 Å². The molecule has 0 saturated heterocycles. The first-order valence-electron chi connectivity index (χ1n) is 8.46. The molecule has 134 valence electrons. The lowest BCUT2D eigenvalue weighted by Crippen LogP contribution is -2.05. The van der Waals surface area contributed by atoms with Crippen molar-refractivity contribution in [3.05, 3.63) is 74.9 Å². The first kappa shape index (κ1) is 19.7. The second kappa shape index (κ2) is 8.64. The van der Waals surface area contributed by atoms with E-state index in [0.29, 0.717) is 22.2 Å². The lowest BCUT2D eigenvalue weighted by molar-refractivity contribution is 0.464. The van der Waals surface area contributed by atoms with E-state index in [2.05, 4.69) is 25.7 Å². The van der Waals surface area contributed by atoms with E-state index < -0.39 is 0 Å². The molecule has 0 spiro atoms. The minimum atomic E-state index is 0.258. The topological polar surface area (TPSA) is 32.3 Å². The molecule has 2 aromatic rings. The Bertz CT molecular complexity index is 745. The molecule has 0 aliphatic carbocycles. The van der Waals surface area contributed by atoms with Gasteiger partial charge >= 0.3 is 0 Å². The highest BCUT2D eigenvalue weighted by Crippen LogP contribution is 2.32. The van der Waals surface area contributed by atoms with Crippen LogP contribution < -0.4 is 5.32 Å². The van der Waals surface area contributed by atoms with Gasteiger partial charge < -0.3 is 10.4 Å². The first-order chi connectivity index (χ1) is 11.8. The molecule has 0 saturated carbocycles. The van der Waals surface area contributed by atoms with Crippen LogP contribution in [-0.2, 0) is 12.8 Å². The normalized spacial score (nSPS) is 11.0. The molecule has 0 amide bonds. The fourth-order valence-electron chi connectivity index (χ4n) is 2.77. The molecular formula is C21H25Cl2NO. The molecule has 2 rings (SSSR count). The van der Waals surface area contributed by atoms with Crippen LogP contribution in [0.25, 0.3) is 0 Å². The number of phenolic OH excluding ortho intramolecular Hbond substituents is 1.